The molecule has 1 aliphatic carbocycles. The molecule has 2 aromatic carbocycles. The second kappa shape index (κ2) is 8.86. The van der Waals surface area contributed by atoms with E-state index in [1.54, 1.807) is 6.07 Å². The SMILES string of the molecule is N#Cc1ccccc1NC(C(=O)NC1CCCCC1)c1cccc(Br)c1. The number of amides is 1. The van der Waals surface area contributed by atoms with E-state index in [4.69, 9.17) is 0 Å². The van der Waals surface area contributed by atoms with Gasteiger partial charge in [-0.1, -0.05) is 59.5 Å². The van der Waals surface area contributed by atoms with Gasteiger partial charge in [0.05, 0.1) is 11.3 Å². The smallest absolute Gasteiger partial charge is 0.247 e. The molecular weight excluding hydrogens is 390 g/mol. The molecule has 0 radical (unpaired) electrons. The average Bonchev–Trinajstić information content (AvgIpc) is 2.67. The Hall–Kier alpha value is -2.32. The number of carbonyl (C=O) groups excluding carboxylic acids is 1. The second-order valence-corrected chi connectivity index (χ2v) is 7.55. The summed E-state index contributed by atoms with van der Waals surface area (Å²) >= 11 is 3.48. The Morgan fingerprint density at radius 1 is 1.12 bits per heavy atom. The highest BCUT2D eigenvalue weighted by Crippen LogP contribution is 2.26. The van der Waals surface area contributed by atoms with Gasteiger partial charge in [-0.05, 0) is 42.7 Å². The van der Waals surface area contributed by atoms with Crippen LogP contribution < -0.4 is 10.6 Å². The van der Waals surface area contributed by atoms with Crippen molar-refractivity contribution < 1.29 is 4.79 Å². The van der Waals surface area contributed by atoms with Crippen molar-refractivity contribution >= 4 is 27.5 Å². The molecule has 3 rings (SSSR count). The summed E-state index contributed by atoms with van der Waals surface area (Å²) in [7, 11) is 0. The molecule has 0 aliphatic heterocycles. The molecule has 1 amide bonds. The number of nitrogens with zero attached hydrogens (tertiary/aromatic N) is 1. The molecule has 0 saturated heterocycles. The molecule has 5 heteroatoms. The first kappa shape index (κ1) is 18.5. The van der Waals surface area contributed by atoms with Gasteiger partial charge < -0.3 is 10.6 Å². The summed E-state index contributed by atoms with van der Waals surface area (Å²) in [6, 6.07) is 16.8. The normalized spacial score (nSPS) is 15.7. The summed E-state index contributed by atoms with van der Waals surface area (Å²) in [5.41, 5.74) is 2.05. The molecule has 4 nitrogen and oxygen atoms in total. The number of halogens is 1. The van der Waals surface area contributed by atoms with Gasteiger partial charge in [0.25, 0.3) is 0 Å². The van der Waals surface area contributed by atoms with Crippen LogP contribution in [0.5, 0.6) is 0 Å². The van der Waals surface area contributed by atoms with Crippen LogP contribution in [0.3, 0.4) is 0 Å². The van der Waals surface area contributed by atoms with Gasteiger partial charge in [0, 0.05) is 10.5 Å². The minimum atomic E-state index is -0.552. The summed E-state index contributed by atoms with van der Waals surface area (Å²) in [5.74, 6) is -0.0530. The van der Waals surface area contributed by atoms with E-state index in [2.05, 4.69) is 32.6 Å². The standard InChI is InChI=1S/C21H22BrN3O/c22-17-9-6-8-15(13-17)20(21(26)24-18-10-2-1-3-11-18)25-19-12-5-4-7-16(19)14-23/h4-9,12-13,18,20,25H,1-3,10-11H2,(H,24,26). The lowest BCUT2D eigenvalue weighted by molar-refractivity contribution is -0.122. The Bertz CT molecular complexity index is 809. The van der Waals surface area contributed by atoms with Gasteiger partial charge in [0.1, 0.15) is 12.1 Å². The van der Waals surface area contributed by atoms with Crippen molar-refractivity contribution in [3.05, 3.63) is 64.1 Å². The van der Waals surface area contributed by atoms with E-state index in [0.29, 0.717) is 11.3 Å². The number of nitriles is 1. The van der Waals surface area contributed by atoms with E-state index >= 15 is 0 Å². The summed E-state index contributed by atoms with van der Waals surface area (Å²) in [5, 5.41) is 15.8. The number of carbonyl (C=O) groups is 1. The minimum Gasteiger partial charge on any atom is -0.369 e. The van der Waals surface area contributed by atoms with Crippen molar-refractivity contribution in [2.24, 2.45) is 0 Å². The number of rotatable bonds is 5. The largest absolute Gasteiger partial charge is 0.369 e. The summed E-state index contributed by atoms with van der Waals surface area (Å²) in [6.45, 7) is 0. The zero-order valence-electron chi connectivity index (χ0n) is 14.5. The molecule has 2 N–H and O–H groups in total. The lowest BCUT2D eigenvalue weighted by Gasteiger charge is -2.27. The highest BCUT2D eigenvalue weighted by molar-refractivity contribution is 9.10. The number of anilines is 1. The Labute approximate surface area is 162 Å². The molecular formula is C21H22BrN3O. The third kappa shape index (κ3) is 4.64. The monoisotopic (exact) mass is 411 g/mol. The van der Waals surface area contributed by atoms with Gasteiger partial charge in [0.15, 0.2) is 0 Å². The zero-order chi connectivity index (χ0) is 18.4. The molecule has 0 aromatic heterocycles. The van der Waals surface area contributed by atoms with E-state index in [-0.39, 0.29) is 11.9 Å². The van der Waals surface area contributed by atoms with Crippen molar-refractivity contribution in [3.63, 3.8) is 0 Å². The van der Waals surface area contributed by atoms with Crippen molar-refractivity contribution in [1.82, 2.24) is 5.32 Å². The molecule has 1 fully saturated rings. The van der Waals surface area contributed by atoms with E-state index in [9.17, 15) is 10.1 Å². The fourth-order valence-electron chi connectivity index (χ4n) is 3.38. The molecule has 0 bridgehead atoms. The zero-order valence-corrected chi connectivity index (χ0v) is 16.1. The molecule has 1 aliphatic rings. The lowest BCUT2D eigenvalue weighted by Crippen LogP contribution is -2.41. The van der Waals surface area contributed by atoms with Crippen molar-refractivity contribution in [2.75, 3.05) is 5.32 Å². The maximum Gasteiger partial charge on any atom is 0.247 e. The highest BCUT2D eigenvalue weighted by Gasteiger charge is 2.25. The molecule has 0 heterocycles. The Kier molecular flexibility index (Phi) is 6.30. The summed E-state index contributed by atoms with van der Waals surface area (Å²) < 4.78 is 0.917. The van der Waals surface area contributed by atoms with E-state index in [1.165, 1.54) is 6.42 Å². The number of para-hydroxylation sites is 1. The maximum atomic E-state index is 13.1. The summed E-state index contributed by atoms with van der Waals surface area (Å²) in [4.78, 5) is 13.1. The Morgan fingerprint density at radius 2 is 1.88 bits per heavy atom. The molecule has 0 spiro atoms. The second-order valence-electron chi connectivity index (χ2n) is 6.63. The van der Waals surface area contributed by atoms with Gasteiger partial charge in [-0.25, -0.2) is 0 Å². The first-order valence-electron chi connectivity index (χ1n) is 8.99. The molecule has 1 atom stereocenters. The average molecular weight is 412 g/mol. The topological polar surface area (TPSA) is 64.9 Å². The number of nitrogens with one attached hydrogen (secondary N) is 2. The molecule has 1 unspecified atom stereocenters. The third-order valence-electron chi connectivity index (χ3n) is 4.74. The fourth-order valence-corrected chi connectivity index (χ4v) is 3.80. The Morgan fingerprint density at radius 3 is 2.62 bits per heavy atom. The van der Waals surface area contributed by atoms with Crippen LogP contribution >= 0.6 is 15.9 Å². The van der Waals surface area contributed by atoms with Gasteiger partial charge in [-0.2, -0.15) is 5.26 Å². The van der Waals surface area contributed by atoms with Crippen LogP contribution in [0.1, 0.15) is 49.3 Å². The van der Waals surface area contributed by atoms with E-state index < -0.39 is 6.04 Å². The molecule has 134 valence electrons. The number of hydrogen-bond acceptors (Lipinski definition) is 3. The van der Waals surface area contributed by atoms with Crippen LogP contribution in [0.4, 0.5) is 5.69 Å². The van der Waals surface area contributed by atoms with E-state index in [0.717, 1.165) is 35.7 Å². The quantitative estimate of drug-likeness (QED) is 0.733. The van der Waals surface area contributed by atoms with Gasteiger partial charge in [0.2, 0.25) is 5.91 Å². The van der Waals surface area contributed by atoms with E-state index in [1.807, 2.05) is 42.5 Å². The van der Waals surface area contributed by atoms with Crippen LogP contribution in [0.15, 0.2) is 53.0 Å². The first-order valence-corrected chi connectivity index (χ1v) is 9.78. The highest BCUT2D eigenvalue weighted by atomic mass is 79.9. The maximum absolute atomic E-state index is 13.1. The molecule has 26 heavy (non-hydrogen) atoms. The van der Waals surface area contributed by atoms with Crippen molar-refractivity contribution in [2.45, 2.75) is 44.2 Å². The van der Waals surface area contributed by atoms with Crippen LogP contribution in [0.2, 0.25) is 0 Å². The molecule has 1 saturated carbocycles. The Balaban J connectivity index is 1.86. The third-order valence-corrected chi connectivity index (χ3v) is 5.24. The lowest BCUT2D eigenvalue weighted by atomic mass is 9.95. The molecule has 2 aromatic rings. The number of benzene rings is 2. The van der Waals surface area contributed by atoms with Crippen LogP contribution in [-0.4, -0.2) is 11.9 Å². The minimum absolute atomic E-state index is 0.0530. The summed E-state index contributed by atoms with van der Waals surface area (Å²) in [6.07, 6.45) is 5.64. The van der Waals surface area contributed by atoms with Crippen LogP contribution in [0, 0.1) is 11.3 Å². The first-order chi connectivity index (χ1) is 12.7. The van der Waals surface area contributed by atoms with Gasteiger partial charge in [-0.3, -0.25) is 4.79 Å². The van der Waals surface area contributed by atoms with Crippen molar-refractivity contribution in [3.8, 4) is 6.07 Å². The predicted molar refractivity (Wildman–Crippen MR) is 107 cm³/mol. The van der Waals surface area contributed by atoms with Crippen molar-refractivity contribution in [1.29, 1.82) is 5.26 Å². The van der Waals surface area contributed by atoms with Gasteiger partial charge in [-0.15, -0.1) is 0 Å². The van der Waals surface area contributed by atoms with Crippen LogP contribution in [0.25, 0.3) is 0 Å². The predicted octanol–water partition coefficient (Wildman–Crippen LogP) is 4.92. The van der Waals surface area contributed by atoms with Crippen LogP contribution in [-0.2, 0) is 4.79 Å². The fraction of sp³-hybridized carbons (Fsp3) is 0.333. The number of hydrogen-bond donors (Lipinski definition) is 2. The van der Waals surface area contributed by atoms with Gasteiger partial charge >= 0.3 is 0 Å².